The summed E-state index contributed by atoms with van der Waals surface area (Å²) in [5.41, 5.74) is 0.605. The Kier molecular flexibility index (Phi) is 7.71. The first-order valence-electron chi connectivity index (χ1n) is 7.19. The predicted molar refractivity (Wildman–Crippen MR) is 87.9 cm³/mol. The van der Waals surface area contributed by atoms with Crippen molar-refractivity contribution in [3.05, 3.63) is 55.1 Å². The highest BCUT2D eigenvalue weighted by molar-refractivity contribution is 5.99. The molecular weight excluding hydrogens is 328 g/mol. The molecule has 8 nitrogen and oxygen atoms in total. The minimum absolute atomic E-state index is 0.0338. The van der Waals surface area contributed by atoms with Gasteiger partial charge in [0.15, 0.2) is 0 Å². The van der Waals surface area contributed by atoms with Crippen LogP contribution in [0.2, 0.25) is 0 Å². The zero-order valence-corrected chi connectivity index (χ0v) is 13.9. The molecular formula is C17H18N2O6. The van der Waals surface area contributed by atoms with Crippen LogP contribution in [0.4, 0.5) is 10.5 Å². The molecule has 0 saturated carbocycles. The van der Waals surface area contributed by atoms with Crippen molar-refractivity contribution >= 4 is 23.6 Å². The van der Waals surface area contributed by atoms with Gasteiger partial charge in [0.25, 0.3) is 0 Å². The van der Waals surface area contributed by atoms with E-state index in [2.05, 4.69) is 28.1 Å². The van der Waals surface area contributed by atoms with Gasteiger partial charge in [0.2, 0.25) is 12.0 Å². The molecule has 132 valence electrons. The molecule has 0 aromatic heterocycles. The van der Waals surface area contributed by atoms with Crippen molar-refractivity contribution in [1.82, 2.24) is 0 Å². The number of ether oxygens (including phenoxy) is 3. The summed E-state index contributed by atoms with van der Waals surface area (Å²) in [6.07, 6.45) is -3.22. The second kappa shape index (κ2) is 9.76. The van der Waals surface area contributed by atoms with Gasteiger partial charge in [-0.3, -0.25) is 4.79 Å². The lowest BCUT2D eigenvalue weighted by molar-refractivity contribution is -0.173. The van der Waals surface area contributed by atoms with Gasteiger partial charge in [-0.05, 0) is 31.6 Å². The molecule has 25 heavy (non-hydrogen) atoms. The maximum atomic E-state index is 11.8. The minimum Gasteiger partial charge on any atom is -0.414 e. The summed E-state index contributed by atoms with van der Waals surface area (Å²) < 4.78 is 14.2. The molecule has 0 heterocycles. The first kappa shape index (κ1) is 19.8. The van der Waals surface area contributed by atoms with E-state index in [1.165, 1.54) is 13.8 Å². The van der Waals surface area contributed by atoms with Crippen molar-refractivity contribution in [2.75, 3.05) is 0 Å². The molecule has 1 aromatic carbocycles. The highest BCUT2D eigenvalue weighted by atomic mass is 16.8. The van der Waals surface area contributed by atoms with E-state index in [9.17, 15) is 14.4 Å². The molecule has 0 aliphatic carbocycles. The molecule has 8 heteroatoms. The van der Waals surface area contributed by atoms with Gasteiger partial charge in [-0.2, -0.15) is 5.11 Å². The molecule has 0 saturated heterocycles. The van der Waals surface area contributed by atoms with Crippen LogP contribution in [0.25, 0.3) is 0 Å². The van der Waals surface area contributed by atoms with E-state index in [-0.39, 0.29) is 5.57 Å². The fourth-order valence-electron chi connectivity index (χ4n) is 1.41. The molecule has 2 atom stereocenters. The standard InChI is InChI=1S/C17H18N2O6/c1-5-14(20)24-16(15(21)11(2)3)25-17(22)23-12(4)18-19-13-9-7-6-8-10-13/h5-10,12,16H,1-2H2,3-4H3. The summed E-state index contributed by atoms with van der Waals surface area (Å²) in [5.74, 6) is -1.73. The lowest BCUT2D eigenvalue weighted by atomic mass is 10.2. The van der Waals surface area contributed by atoms with Gasteiger partial charge in [-0.25, -0.2) is 9.59 Å². The van der Waals surface area contributed by atoms with E-state index in [0.717, 1.165) is 6.08 Å². The van der Waals surface area contributed by atoms with Crippen molar-refractivity contribution < 1.29 is 28.6 Å². The molecule has 0 amide bonds. The number of ketones is 1. The molecule has 0 bridgehead atoms. The minimum atomic E-state index is -1.81. The second-order valence-electron chi connectivity index (χ2n) is 4.75. The Balaban J connectivity index is 2.65. The van der Waals surface area contributed by atoms with Crippen molar-refractivity contribution in [3.8, 4) is 0 Å². The van der Waals surface area contributed by atoms with Gasteiger partial charge in [0.1, 0.15) is 0 Å². The van der Waals surface area contributed by atoms with Crippen LogP contribution in [-0.4, -0.2) is 30.4 Å². The van der Waals surface area contributed by atoms with Crippen LogP contribution in [0.15, 0.2) is 65.4 Å². The third-order valence-electron chi connectivity index (χ3n) is 2.59. The third-order valence-corrected chi connectivity index (χ3v) is 2.59. The van der Waals surface area contributed by atoms with E-state index < -0.39 is 30.4 Å². The van der Waals surface area contributed by atoms with E-state index in [1.807, 2.05) is 6.07 Å². The molecule has 0 N–H and O–H groups in total. The number of benzene rings is 1. The Hall–Kier alpha value is -3.29. The average molecular weight is 346 g/mol. The molecule has 0 aliphatic rings. The molecule has 2 unspecified atom stereocenters. The summed E-state index contributed by atoms with van der Waals surface area (Å²) in [7, 11) is 0. The first-order valence-corrected chi connectivity index (χ1v) is 7.19. The van der Waals surface area contributed by atoms with E-state index >= 15 is 0 Å². The molecule has 0 spiro atoms. The highest BCUT2D eigenvalue weighted by Crippen LogP contribution is 2.12. The van der Waals surface area contributed by atoms with Gasteiger partial charge < -0.3 is 14.2 Å². The van der Waals surface area contributed by atoms with Crippen LogP contribution in [0.5, 0.6) is 0 Å². The molecule has 1 rings (SSSR count). The second-order valence-corrected chi connectivity index (χ2v) is 4.75. The Morgan fingerprint density at radius 1 is 1.12 bits per heavy atom. The fourth-order valence-corrected chi connectivity index (χ4v) is 1.41. The van der Waals surface area contributed by atoms with E-state index in [4.69, 9.17) is 9.47 Å². The Bertz CT molecular complexity index is 684. The lowest BCUT2D eigenvalue weighted by Crippen LogP contribution is -2.33. The summed E-state index contributed by atoms with van der Waals surface area (Å²) in [4.78, 5) is 34.8. The number of azo groups is 1. The zero-order valence-electron chi connectivity index (χ0n) is 13.9. The zero-order chi connectivity index (χ0) is 18.8. The summed E-state index contributed by atoms with van der Waals surface area (Å²) in [5, 5.41) is 7.65. The van der Waals surface area contributed by atoms with Crippen molar-refractivity contribution in [1.29, 1.82) is 0 Å². The Morgan fingerprint density at radius 3 is 2.32 bits per heavy atom. The van der Waals surface area contributed by atoms with E-state index in [0.29, 0.717) is 5.69 Å². The number of carbonyl (C=O) groups excluding carboxylic acids is 3. The largest absolute Gasteiger partial charge is 0.513 e. The van der Waals surface area contributed by atoms with Gasteiger partial charge in [-0.15, -0.1) is 5.11 Å². The number of nitrogens with zero attached hydrogens (tertiary/aromatic N) is 2. The predicted octanol–water partition coefficient (Wildman–Crippen LogP) is 3.47. The van der Waals surface area contributed by atoms with Gasteiger partial charge >= 0.3 is 18.4 Å². The van der Waals surface area contributed by atoms with Gasteiger partial charge in [0.05, 0.1) is 5.69 Å². The number of carbonyl (C=O) groups is 3. The third kappa shape index (κ3) is 7.21. The van der Waals surface area contributed by atoms with Crippen LogP contribution in [0.1, 0.15) is 13.8 Å². The van der Waals surface area contributed by atoms with Crippen molar-refractivity contribution in [2.24, 2.45) is 10.2 Å². The summed E-state index contributed by atoms with van der Waals surface area (Å²) >= 11 is 0. The monoisotopic (exact) mass is 346 g/mol. The maximum Gasteiger partial charge on any atom is 0.513 e. The fraction of sp³-hybridized carbons (Fsp3) is 0.235. The van der Waals surface area contributed by atoms with Crippen molar-refractivity contribution in [3.63, 3.8) is 0 Å². The smallest absolute Gasteiger partial charge is 0.414 e. The summed E-state index contributed by atoms with van der Waals surface area (Å²) in [6, 6.07) is 8.79. The van der Waals surface area contributed by atoms with Crippen LogP contribution < -0.4 is 0 Å². The molecule has 1 aromatic rings. The van der Waals surface area contributed by atoms with Gasteiger partial charge in [0, 0.05) is 6.08 Å². The number of hydrogen-bond donors (Lipinski definition) is 0. The van der Waals surface area contributed by atoms with E-state index in [1.54, 1.807) is 24.3 Å². The maximum absolute atomic E-state index is 11.8. The number of rotatable bonds is 8. The quantitative estimate of drug-likeness (QED) is 0.309. The van der Waals surface area contributed by atoms with Crippen LogP contribution in [0, 0.1) is 0 Å². The Morgan fingerprint density at radius 2 is 1.76 bits per heavy atom. The molecule has 0 radical (unpaired) electrons. The number of esters is 1. The number of Topliss-reactive ketones (excluding diaryl/α,β-unsaturated/α-hetero) is 1. The topological polar surface area (TPSA) is 104 Å². The summed E-state index contributed by atoms with van der Waals surface area (Å²) in [6.45, 7) is 9.42. The highest BCUT2D eigenvalue weighted by Gasteiger charge is 2.28. The van der Waals surface area contributed by atoms with Crippen LogP contribution in [0.3, 0.4) is 0 Å². The van der Waals surface area contributed by atoms with Crippen LogP contribution in [-0.2, 0) is 23.8 Å². The van der Waals surface area contributed by atoms with Crippen molar-refractivity contribution in [2.45, 2.75) is 26.4 Å². The van der Waals surface area contributed by atoms with Gasteiger partial charge in [-0.1, -0.05) is 31.4 Å². The molecule has 0 fully saturated rings. The normalized spacial score (nSPS) is 12.7. The molecule has 0 aliphatic heterocycles. The average Bonchev–Trinajstić information content (AvgIpc) is 2.59. The first-order chi connectivity index (χ1) is 11.8. The Labute approximate surface area is 144 Å². The lowest BCUT2D eigenvalue weighted by Gasteiger charge is -2.16. The number of hydrogen-bond acceptors (Lipinski definition) is 8. The van der Waals surface area contributed by atoms with Crippen LogP contribution >= 0.6 is 0 Å². The SMILES string of the molecule is C=CC(=O)OC(OC(=O)OC(C)N=Nc1ccccc1)C(=O)C(=C)C.